The van der Waals surface area contributed by atoms with E-state index < -0.39 is 0 Å². The molecule has 1 atom stereocenters. The quantitative estimate of drug-likeness (QED) is 0.827. The molecule has 0 radical (unpaired) electrons. The lowest BCUT2D eigenvalue weighted by Crippen LogP contribution is -2.48. The summed E-state index contributed by atoms with van der Waals surface area (Å²) < 4.78 is 1.84. The highest BCUT2D eigenvalue weighted by Crippen LogP contribution is 2.18. The number of carbonyl (C=O) groups is 1. The Morgan fingerprint density at radius 1 is 1.53 bits per heavy atom. The average Bonchev–Trinajstić information content (AvgIpc) is 2.63. The van der Waals surface area contributed by atoms with Crippen molar-refractivity contribution in [2.75, 3.05) is 18.4 Å². The van der Waals surface area contributed by atoms with Crippen molar-refractivity contribution in [3.63, 3.8) is 0 Å². The number of carbonyl (C=O) groups excluding carboxylic acids is 1. The van der Waals surface area contributed by atoms with Gasteiger partial charge in [0.15, 0.2) is 5.82 Å². The average molecular weight is 236 g/mol. The van der Waals surface area contributed by atoms with Gasteiger partial charge in [0.25, 0.3) is 0 Å². The maximum Gasteiger partial charge on any atom is 0.228 e. The van der Waals surface area contributed by atoms with Gasteiger partial charge in [0.2, 0.25) is 5.91 Å². The molecule has 0 aliphatic carbocycles. The van der Waals surface area contributed by atoms with Crippen LogP contribution in [0.25, 0.3) is 0 Å². The minimum absolute atomic E-state index is 0.0421. The number of anilines is 1. The molecular formula is C12H20N4O. The monoisotopic (exact) mass is 236 g/mol. The van der Waals surface area contributed by atoms with Crippen LogP contribution in [0.5, 0.6) is 0 Å². The zero-order valence-corrected chi connectivity index (χ0v) is 10.6. The molecule has 1 aliphatic rings. The lowest BCUT2D eigenvalue weighted by atomic mass is 9.88. The first-order valence-corrected chi connectivity index (χ1v) is 6.14. The normalized spacial score (nSPS) is 17.9. The van der Waals surface area contributed by atoms with E-state index in [9.17, 15) is 4.79 Å². The number of hydrogen-bond acceptors (Lipinski definition) is 3. The molecule has 2 rings (SSSR count). The van der Waals surface area contributed by atoms with Crippen LogP contribution >= 0.6 is 0 Å². The summed E-state index contributed by atoms with van der Waals surface area (Å²) in [5, 5.41) is 10.4. The van der Waals surface area contributed by atoms with Crippen LogP contribution in [0.4, 0.5) is 5.82 Å². The van der Waals surface area contributed by atoms with Crippen molar-refractivity contribution in [1.29, 1.82) is 0 Å². The predicted molar refractivity (Wildman–Crippen MR) is 66.8 cm³/mol. The summed E-state index contributed by atoms with van der Waals surface area (Å²) in [7, 11) is 0. The Morgan fingerprint density at radius 3 is 2.71 bits per heavy atom. The molecule has 0 saturated carbocycles. The summed E-state index contributed by atoms with van der Waals surface area (Å²) in [5.74, 6) is 1.20. The molecule has 0 aromatic carbocycles. The Kier molecular flexibility index (Phi) is 3.47. The summed E-state index contributed by atoms with van der Waals surface area (Å²) >= 11 is 0. The van der Waals surface area contributed by atoms with Gasteiger partial charge in [-0.3, -0.25) is 9.48 Å². The molecule has 0 bridgehead atoms. The van der Waals surface area contributed by atoms with Crippen molar-refractivity contribution in [3.8, 4) is 0 Å². The molecule has 1 fully saturated rings. The van der Waals surface area contributed by atoms with Gasteiger partial charge in [-0.05, 0) is 32.9 Å². The van der Waals surface area contributed by atoms with Crippen LogP contribution in [0.3, 0.4) is 0 Å². The minimum Gasteiger partial charge on any atom is -0.316 e. The minimum atomic E-state index is 0.0421. The van der Waals surface area contributed by atoms with Gasteiger partial charge in [-0.2, -0.15) is 5.10 Å². The highest BCUT2D eigenvalue weighted by molar-refractivity contribution is 5.91. The third-order valence-corrected chi connectivity index (χ3v) is 3.32. The molecule has 0 spiro atoms. The lowest BCUT2D eigenvalue weighted by Gasteiger charge is -2.31. The lowest BCUT2D eigenvalue weighted by molar-refractivity contribution is -0.121. The summed E-state index contributed by atoms with van der Waals surface area (Å²) in [4.78, 5) is 11.9. The zero-order chi connectivity index (χ0) is 12.4. The number of aromatic nitrogens is 2. The van der Waals surface area contributed by atoms with E-state index in [1.54, 1.807) is 0 Å². The fraction of sp³-hybridized carbons (Fsp3) is 0.667. The van der Waals surface area contributed by atoms with Crippen LogP contribution in [0.1, 0.15) is 26.8 Å². The van der Waals surface area contributed by atoms with Crippen molar-refractivity contribution >= 4 is 11.7 Å². The van der Waals surface area contributed by atoms with E-state index in [0.717, 1.165) is 13.1 Å². The fourth-order valence-corrected chi connectivity index (χ4v) is 1.81. The highest BCUT2D eigenvalue weighted by Gasteiger charge is 2.28. The first kappa shape index (κ1) is 12.1. The summed E-state index contributed by atoms with van der Waals surface area (Å²) in [5.41, 5.74) is 0. The van der Waals surface area contributed by atoms with Crippen molar-refractivity contribution in [1.82, 2.24) is 15.1 Å². The Morgan fingerprint density at radius 2 is 2.24 bits per heavy atom. The van der Waals surface area contributed by atoms with Gasteiger partial charge >= 0.3 is 0 Å². The van der Waals surface area contributed by atoms with Gasteiger partial charge in [0.05, 0.1) is 0 Å². The first-order valence-electron chi connectivity index (χ1n) is 6.14. The van der Waals surface area contributed by atoms with Gasteiger partial charge in [-0.25, -0.2) is 0 Å². The molecule has 2 heterocycles. The van der Waals surface area contributed by atoms with Crippen LogP contribution in [-0.2, 0) is 4.79 Å². The van der Waals surface area contributed by atoms with E-state index in [1.165, 1.54) is 0 Å². The first-order chi connectivity index (χ1) is 8.08. The number of rotatable bonds is 4. The van der Waals surface area contributed by atoms with E-state index in [1.807, 2.05) is 23.9 Å². The second-order valence-corrected chi connectivity index (χ2v) is 4.97. The molecule has 5 nitrogen and oxygen atoms in total. The van der Waals surface area contributed by atoms with Gasteiger partial charge in [0.1, 0.15) is 0 Å². The summed E-state index contributed by atoms with van der Waals surface area (Å²) in [6.07, 6.45) is 1.88. The molecule has 1 aromatic rings. The topological polar surface area (TPSA) is 59.0 Å². The third kappa shape index (κ3) is 2.66. The summed E-state index contributed by atoms with van der Waals surface area (Å²) in [6.45, 7) is 7.97. The summed E-state index contributed by atoms with van der Waals surface area (Å²) in [6, 6.07) is 2.15. The van der Waals surface area contributed by atoms with E-state index in [-0.39, 0.29) is 11.8 Å². The fourth-order valence-electron chi connectivity index (χ4n) is 1.81. The van der Waals surface area contributed by atoms with Crippen LogP contribution < -0.4 is 10.6 Å². The molecule has 5 heteroatoms. The SMILES string of the molecule is CC(C(=O)Nc1ccn(C(C)C)n1)C1CNC1. The largest absolute Gasteiger partial charge is 0.316 e. The second-order valence-electron chi connectivity index (χ2n) is 4.97. The Labute approximate surface area is 102 Å². The standard InChI is InChI=1S/C12H20N4O/c1-8(2)16-5-4-11(15-16)14-12(17)9(3)10-6-13-7-10/h4-5,8-10,13H,6-7H2,1-3H3,(H,14,15,17). The Bertz CT molecular complexity index is 395. The second kappa shape index (κ2) is 4.87. The predicted octanol–water partition coefficient (Wildman–Crippen LogP) is 1.26. The molecule has 17 heavy (non-hydrogen) atoms. The van der Waals surface area contributed by atoms with Crippen molar-refractivity contribution in [3.05, 3.63) is 12.3 Å². The smallest absolute Gasteiger partial charge is 0.228 e. The molecule has 2 N–H and O–H groups in total. The van der Waals surface area contributed by atoms with Crippen LogP contribution in [0.2, 0.25) is 0 Å². The number of amides is 1. The zero-order valence-electron chi connectivity index (χ0n) is 10.6. The van der Waals surface area contributed by atoms with Gasteiger partial charge < -0.3 is 10.6 Å². The van der Waals surface area contributed by atoms with E-state index in [0.29, 0.717) is 17.8 Å². The third-order valence-electron chi connectivity index (χ3n) is 3.32. The van der Waals surface area contributed by atoms with E-state index in [2.05, 4.69) is 29.6 Å². The molecule has 94 valence electrons. The van der Waals surface area contributed by atoms with E-state index in [4.69, 9.17) is 0 Å². The highest BCUT2D eigenvalue weighted by atomic mass is 16.2. The van der Waals surface area contributed by atoms with Crippen molar-refractivity contribution in [2.24, 2.45) is 11.8 Å². The molecular weight excluding hydrogens is 216 g/mol. The molecule has 1 unspecified atom stereocenters. The van der Waals surface area contributed by atoms with Crippen LogP contribution in [0.15, 0.2) is 12.3 Å². The van der Waals surface area contributed by atoms with Gasteiger partial charge in [-0.1, -0.05) is 6.92 Å². The molecule has 1 amide bonds. The molecule has 1 aliphatic heterocycles. The van der Waals surface area contributed by atoms with Crippen LogP contribution in [0, 0.1) is 11.8 Å². The van der Waals surface area contributed by atoms with Crippen LogP contribution in [-0.4, -0.2) is 28.8 Å². The number of nitrogens with zero attached hydrogens (tertiary/aromatic N) is 2. The maximum atomic E-state index is 11.9. The Balaban J connectivity index is 1.92. The molecule has 1 aromatic heterocycles. The number of hydrogen-bond donors (Lipinski definition) is 2. The number of nitrogens with one attached hydrogen (secondary N) is 2. The van der Waals surface area contributed by atoms with E-state index >= 15 is 0 Å². The Hall–Kier alpha value is -1.36. The van der Waals surface area contributed by atoms with Gasteiger partial charge in [-0.15, -0.1) is 0 Å². The van der Waals surface area contributed by atoms with Crippen molar-refractivity contribution < 1.29 is 4.79 Å². The van der Waals surface area contributed by atoms with Crippen molar-refractivity contribution in [2.45, 2.75) is 26.8 Å². The van der Waals surface area contributed by atoms with Gasteiger partial charge in [0, 0.05) is 24.2 Å². The maximum absolute atomic E-state index is 11.9. The molecule has 1 saturated heterocycles.